The Morgan fingerprint density at radius 2 is 1.46 bits per heavy atom. The normalized spacial score (nSPS) is 18.5. The van der Waals surface area contributed by atoms with Crippen LogP contribution in [0.1, 0.15) is 32.1 Å². The maximum absolute atomic E-state index is 12.1. The summed E-state index contributed by atoms with van der Waals surface area (Å²) in [7, 11) is -1.14. The van der Waals surface area contributed by atoms with Gasteiger partial charge in [0.1, 0.15) is 0 Å². The van der Waals surface area contributed by atoms with Crippen molar-refractivity contribution in [2.75, 3.05) is 6.54 Å². The summed E-state index contributed by atoms with van der Waals surface area (Å²) >= 11 is 0. The summed E-state index contributed by atoms with van der Waals surface area (Å²) in [5.74, 6) is -0.743. The van der Waals surface area contributed by atoms with E-state index >= 15 is 0 Å². The number of nitrogens with one attached hydrogen (secondary N) is 1. The van der Waals surface area contributed by atoms with Crippen molar-refractivity contribution >= 4 is 33.7 Å². The average molecular weight is 369 g/mol. The number of thiol groups is 2. The molecule has 133 valence electrons. The second-order valence-corrected chi connectivity index (χ2v) is 10.6. The van der Waals surface area contributed by atoms with E-state index in [-0.39, 0.29) is 16.4 Å². The van der Waals surface area contributed by atoms with Gasteiger partial charge in [0.25, 0.3) is 0 Å². The Kier molecular flexibility index (Phi) is 7.24. The maximum Gasteiger partial charge on any atom is 0.303 e. The SMILES string of the molecule is [CH2]CCNC(=O)CCC(CCC(=O)O)([SH]1C=CC=C1)[SH]1C=CC=C1. The van der Waals surface area contributed by atoms with E-state index in [4.69, 9.17) is 0 Å². The zero-order chi connectivity index (χ0) is 17.4. The van der Waals surface area contributed by atoms with Gasteiger partial charge in [-0.05, 0) is 40.9 Å². The van der Waals surface area contributed by atoms with Crippen molar-refractivity contribution in [3.8, 4) is 0 Å². The minimum Gasteiger partial charge on any atom is -0.481 e. The molecule has 2 N–H and O–H groups in total. The monoisotopic (exact) mass is 368 g/mol. The molecular weight excluding hydrogens is 342 g/mol. The average Bonchev–Trinajstić information content (AvgIpc) is 3.27. The third kappa shape index (κ3) is 4.80. The van der Waals surface area contributed by atoms with Crippen molar-refractivity contribution in [2.24, 2.45) is 0 Å². The summed E-state index contributed by atoms with van der Waals surface area (Å²) in [6, 6.07) is 0. The lowest BCUT2D eigenvalue weighted by molar-refractivity contribution is -0.137. The van der Waals surface area contributed by atoms with Crippen LogP contribution in [0.15, 0.2) is 45.9 Å². The van der Waals surface area contributed by atoms with Crippen LogP contribution >= 0.6 is 21.8 Å². The predicted molar refractivity (Wildman–Crippen MR) is 106 cm³/mol. The van der Waals surface area contributed by atoms with Crippen LogP contribution in [-0.2, 0) is 9.59 Å². The number of hydrogen-bond donors (Lipinski definition) is 4. The number of carboxylic acids is 1. The van der Waals surface area contributed by atoms with Crippen LogP contribution < -0.4 is 5.32 Å². The fourth-order valence-corrected chi connectivity index (χ4v) is 8.73. The lowest BCUT2D eigenvalue weighted by Crippen LogP contribution is -2.31. The number of rotatable bonds is 10. The van der Waals surface area contributed by atoms with Crippen LogP contribution in [0, 0.1) is 6.92 Å². The Morgan fingerprint density at radius 3 is 1.92 bits per heavy atom. The summed E-state index contributed by atoms with van der Waals surface area (Å²) in [4.78, 5) is 23.3. The molecule has 0 aromatic carbocycles. The van der Waals surface area contributed by atoms with E-state index in [2.05, 4.69) is 33.9 Å². The standard InChI is InChI=1S/C18H26NO3S2/c1-2-11-19-16(20)7-9-18(10-8-17(21)22,23-12-3-4-13-23)24-14-5-6-15-24/h3-6,12-15,23-24H,1-2,7-11H2,(H,19,20)(H,21,22). The highest BCUT2D eigenvalue weighted by molar-refractivity contribution is 8.39. The molecule has 2 aliphatic heterocycles. The number of allylic oxidation sites excluding steroid dienone is 4. The molecular formula is C18H26NO3S2. The molecule has 1 radical (unpaired) electrons. The smallest absolute Gasteiger partial charge is 0.303 e. The molecule has 2 aliphatic rings. The summed E-state index contributed by atoms with van der Waals surface area (Å²) in [5.41, 5.74) is 0. The first-order valence-electron chi connectivity index (χ1n) is 8.13. The zero-order valence-electron chi connectivity index (χ0n) is 13.7. The first-order valence-corrected chi connectivity index (χ1v) is 11.1. The number of carbonyl (C=O) groups excluding carboxylic acids is 1. The lowest BCUT2D eigenvalue weighted by atomic mass is 10.1. The van der Waals surface area contributed by atoms with Crippen molar-refractivity contribution in [2.45, 2.75) is 36.2 Å². The summed E-state index contributed by atoms with van der Waals surface area (Å²) in [6.45, 7) is 4.32. The number of amides is 1. The van der Waals surface area contributed by atoms with Gasteiger partial charge in [0.15, 0.2) is 0 Å². The second kappa shape index (κ2) is 9.18. The van der Waals surface area contributed by atoms with E-state index in [1.54, 1.807) is 0 Å². The van der Waals surface area contributed by atoms with E-state index < -0.39 is 27.8 Å². The molecule has 0 atom stereocenters. The Labute approximate surface area is 149 Å². The third-order valence-corrected chi connectivity index (χ3v) is 10.3. The zero-order valence-corrected chi connectivity index (χ0v) is 15.5. The number of hydrogen-bond acceptors (Lipinski definition) is 2. The topological polar surface area (TPSA) is 66.4 Å². The Bertz CT molecular complexity index is 529. The highest BCUT2D eigenvalue weighted by Crippen LogP contribution is 2.66. The molecule has 6 heteroatoms. The van der Waals surface area contributed by atoms with Gasteiger partial charge in [-0.2, -0.15) is 21.8 Å². The molecule has 0 aromatic rings. The van der Waals surface area contributed by atoms with Gasteiger partial charge in [0.05, 0.1) is 0 Å². The van der Waals surface area contributed by atoms with E-state index in [1.807, 2.05) is 24.3 Å². The van der Waals surface area contributed by atoms with E-state index in [0.717, 1.165) is 0 Å². The van der Waals surface area contributed by atoms with Gasteiger partial charge in [-0.15, -0.1) is 0 Å². The summed E-state index contributed by atoms with van der Waals surface area (Å²) < 4.78 is -0.155. The van der Waals surface area contributed by atoms with E-state index in [0.29, 0.717) is 32.2 Å². The van der Waals surface area contributed by atoms with Crippen molar-refractivity contribution in [3.63, 3.8) is 0 Å². The Balaban J connectivity index is 2.19. The predicted octanol–water partition coefficient (Wildman–Crippen LogP) is 3.75. The molecule has 0 unspecified atom stereocenters. The van der Waals surface area contributed by atoms with Gasteiger partial charge in [0.2, 0.25) is 5.91 Å². The minimum absolute atomic E-state index is 0.0302. The highest BCUT2D eigenvalue weighted by Gasteiger charge is 2.39. The number of carboxylic acid groups (broad SMARTS) is 1. The number of carbonyl (C=O) groups is 2. The van der Waals surface area contributed by atoms with E-state index in [1.165, 1.54) is 0 Å². The highest BCUT2D eigenvalue weighted by atomic mass is 32.3. The molecule has 4 nitrogen and oxygen atoms in total. The van der Waals surface area contributed by atoms with Gasteiger partial charge in [-0.25, -0.2) is 0 Å². The van der Waals surface area contributed by atoms with Crippen molar-refractivity contribution in [1.29, 1.82) is 0 Å². The molecule has 2 heterocycles. The Morgan fingerprint density at radius 1 is 0.958 bits per heavy atom. The van der Waals surface area contributed by atoms with Gasteiger partial charge >= 0.3 is 5.97 Å². The quantitative estimate of drug-likeness (QED) is 0.444. The molecule has 0 saturated carbocycles. The lowest BCUT2D eigenvalue weighted by Gasteiger charge is -2.45. The Hall–Kier alpha value is -1.40. The molecule has 1 amide bonds. The van der Waals surface area contributed by atoms with Crippen LogP contribution in [0.4, 0.5) is 0 Å². The van der Waals surface area contributed by atoms with Gasteiger partial charge in [-0.1, -0.05) is 31.2 Å². The molecule has 0 fully saturated rings. The minimum atomic E-state index is -0.773. The summed E-state index contributed by atoms with van der Waals surface area (Å²) in [5, 5.41) is 20.9. The van der Waals surface area contributed by atoms with E-state index in [9.17, 15) is 14.7 Å². The first kappa shape index (κ1) is 18.9. The fourth-order valence-electron chi connectivity index (χ4n) is 2.94. The third-order valence-electron chi connectivity index (χ3n) is 4.16. The van der Waals surface area contributed by atoms with Crippen LogP contribution in [0.5, 0.6) is 0 Å². The second-order valence-electron chi connectivity index (χ2n) is 5.76. The molecule has 0 aromatic heterocycles. The van der Waals surface area contributed by atoms with Crippen molar-refractivity contribution in [3.05, 3.63) is 52.9 Å². The fraction of sp³-hybridized carbons (Fsp3) is 0.389. The van der Waals surface area contributed by atoms with Gasteiger partial charge < -0.3 is 10.4 Å². The maximum atomic E-state index is 12.1. The van der Waals surface area contributed by atoms with Crippen LogP contribution in [-0.4, -0.2) is 27.6 Å². The molecule has 0 bridgehead atoms. The van der Waals surface area contributed by atoms with Gasteiger partial charge in [-0.3, -0.25) is 9.59 Å². The molecule has 2 rings (SSSR count). The summed E-state index contributed by atoms with van der Waals surface area (Å²) in [6.07, 6.45) is 10.7. The van der Waals surface area contributed by atoms with Crippen molar-refractivity contribution in [1.82, 2.24) is 5.32 Å². The largest absolute Gasteiger partial charge is 0.481 e. The molecule has 0 aliphatic carbocycles. The van der Waals surface area contributed by atoms with Crippen LogP contribution in [0.25, 0.3) is 0 Å². The van der Waals surface area contributed by atoms with Crippen LogP contribution in [0.2, 0.25) is 0 Å². The van der Waals surface area contributed by atoms with Crippen LogP contribution in [0.3, 0.4) is 0 Å². The van der Waals surface area contributed by atoms with Crippen molar-refractivity contribution < 1.29 is 14.7 Å². The van der Waals surface area contributed by atoms with Gasteiger partial charge in [0, 0.05) is 23.5 Å². The number of aliphatic carboxylic acids is 1. The molecule has 0 spiro atoms. The molecule has 24 heavy (non-hydrogen) atoms. The first-order chi connectivity index (χ1) is 11.6. The molecule has 0 saturated heterocycles.